The molecule has 1 aromatic heterocycles. The molecule has 1 aromatic rings. The molecule has 1 heterocycles. The molecule has 0 aliphatic rings. The van der Waals surface area contributed by atoms with Crippen molar-refractivity contribution in [2.75, 3.05) is 30.5 Å². The molecule has 1 rings (SSSR count). The van der Waals surface area contributed by atoms with E-state index < -0.39 is 0 Å². The lowest BCUT2D eigenvalue weighted by Gasteiger charge is -2.19. The van der Waals surface area contributed by atoms with Crippen LogP contribution in [0.2, 0.25) is 0 Å². The van der Waals surface area contributed by atoms with Gasteiger partial charge in [0, 0.05) is 19.7 Å². The van der Waals surface area contributed by atoms with Gasteiger partial charge in [0.15, 0.2) is 0 Å². The number of hydrogen-bond acceptors (Lipinski definition) is 6. The molecular weight excluding hydrogens is 244 g/mol. The van der Waals surface area contributed by atoms with Crippen LogP contribution in [0.5, 0.6) is 0 Å². The van der Waals surface area contributed by atoms with Crippen LogP contribution in [0.1, 0.15) is 19.7 Å². The highest BCUT2D eigenvalue weighted by molar-refractivity contribution is 5.81. The van der Waals surface area contributed by atoms with E-state index in [1.54, 1.807) is 24.9 Å². The number of anilines is 2. The number of carbonyl (C=O) groups excluding carboxylic acids is 1. The van der Waals surface area contributed by atoms with E-state index in [0.717, 1.165) is 0 Å². The van der Waals surface area contributed by atoms with E-state index in [9.17, 15) is 4.79 Å². The summed E-state index contributed by atoms with van der Waals surface area (Å²) in [4.78, 5) is 21.9. The van der Waals surface area contributed by atoms with Gasteiger partial charge in [-0.15, -0.1) is 0 Å². The van der Waals surface area contributed by atoms with Crippen LogP contribution < -0.4 is 21.5 Å². The highest BCUT2D eigenvalue weighted by atomic mass is 16.2. The fraction of sp³-hybridized carbons (Fsp3) is 0.583. The Hall–Kier alpha value is -1.89. The third-order valence-electron chi connectivity index (χ3n) is 2.45. The van der Waals surface area contributed by atoms with Crippen molar-refractivity contribution in [3.8, 4) is 0 Å². The number of aromatic nitrogens is 2. The molecule has 0 radical (unpaired) electrons. The second-order valence-electron chi connectivity index (χ2n) is 4.86. The molecule has 0 saturated carbocycles. The normalized spacial score (nSPS) is 10.4. The Bertz CT molecular complexity index is 434. The van der Waals surface area contributed by atoms with Gasteiger partial charge >= 0.3 is 0 Å². The molecule has 0 saturated heterocycles. The van der Waals surface area contributed by atoms with E-state index >= 15 is 0 Å². The van der Waals surface area contributed by atoms with Crippen LogP contribution in [0, 0.1) is 12.8 Å². The van der Waals surface area contributed by atoms with Crippen molar-refractivity contribution in [2.24, 2.45) is 11.8 Å². The molecule has 7 nitrogen and oxygen atoms in total. The van der Waals surface area contributed by atoms with Gasteiger partial charge in [-0.1, -0.05) is 13.8 Å². The number of carbonyl (C=O) groups is 1. The summed E-state index contributed by atoms with van der Waals surface area (Å²) in [5.74, 6) is 7.51. The number of likely N-dealkylation sites (N-methyl/N-ethyl adjacent to an activating group) is 1. The zero-order chi connectivity index (χ0) is 14.4. The zero-order valence-corrected chi connectivity index (χ0v) is 11.9. The van der Waals surface area contributed by atoms with Crippen LogP contribution in [0.15, 0.2) is 6.07 Å². The average molecular weight is 266 g/mol. The lowest BCUT2D eigenvalue weighted by atomic mass is 10.2. The van der Waals surface area contributed by atoms with Gasteiger partial charge in [-0.05, 0) is 12.8 Å². The topological polar surface area (TPSA) is 96.2 Å². The molecule has 106 valence electrons. The molecule has 0 aliphatic carbocycles. The third-order valence-corrected chi connectivity index (χ3v) is 2.45. The SMILES string of the molecule is Cc1nc(NN)cc(N(C)CC(=O)NCC(C)C)n1. The summed E-state index contributed by atoms with van der Waals surface area (Å²) in [5, 5.41) is 2.86. The minimum Gasteiger partial charge on any atom is -0.354 e. The van der Waals surface area contributed by atoms with Gasteiger partial charge in [0.2, 0.25) is 5.91 Å². The monoisotopic (exact) mass is 266 g/mol. The van der Waals surface area contributed by atoms with Crippen molar-refractivity contribution in [3.63, 3.8) is 0 Å². The van der Waals surface area contributed by atoms with Crippen LogP contribution in [-0.4, -0.2) is 36.0 Å². The minimum absolute atomic E-state index is 0.0327. The van der Waals surface area contributed by atoms with Crippen LogP contribution in [0.4, 0.5) is 11.6 Å². The lowest BCUT2D eigenvalue weighted by Crippen LogP contribution is -2.37. The maximum Gasteiger partial charge on any atom is 0.239 e. The van der Waals surface area contributed by atoms with Crippen molar-refractivity contribution in [2.45, 2.75) is 20.8 Å². The first kappa shape index (κ1) is 15.2. The summed E-state index contributed by atoms with van der Waals surface area (Å²) in [6, 6.07) is 1.70. The van der Waals surface area contributed by atoms with Crippen LogP contribution in [-0.2, 0) is 4.79 Å². The van der Waals surface area contributed by atoms with E-state index in [1.807, 2.05) is 0 Å². The number of nitrogens with zero attached hydrogens (tertiary/aromatic N) is 3. The van der Waals surface area contributed by atoms with Crippen molar-refractivity contribution >= 4 is 17.5 Å². The highest BCUT2D eigenvalue weighted by Gasteiger charge is 2.10. The molecule has 1 amide bonds. The van der Waals surface area contributed by atoms with Crippen molar-refractivity contribution in [3.05, 3.63) is 11.9 Å². The summed E-state index contributed by atoms with van der Waals surface area (Å²) in [6.45, 7) is 6.79. The Balaban J connectivity index is 2.64. The van der Waals surface area contributed by atoms with E-state index in [4.69, 9.17) is 5.84 Å². The zero-order valence-electron chi connectivity index (χ0n) is 11.9. The Kier molecular flexibility index (Phi) is 5.50. The summed E-state index contributed by atoms with van der Waals surface area (Å²) < 4.78 is 0. The molecule has 0 aliphatic heterocycles. The first-order chi connectivity index (χ1) is 8.92. The number of nitrogens with one attached hydrogen (secondary N) is 2. The molecule has 0 unspecified atom stereocenters. The second-order valence-corrected chi connectivity index (χ2v) is 4.86. The van der Waals surface area contributed by atoms with E-state index in [2.05, 4.69) is 34.6 Å². The summed E-state index contributed by atoms with van der Waals surface area (Å²) in [6.07, 6.45) is 0. The number of rotatable bonds is 6. The minimum atomic E-state index is -0.0327. The molecule has 4 N–H and O–H groups in total. The van der Waals surface area contributed by atoms with Gasteiger partial charge < -0.3 is 15.6 Å². The van der Waals surface area contributed by atoms with E-state index in [1.165, 1.54) is 0 Å². The van der Waals surface area contributed by atoms with Gasteiger partial charge in [-0.3, -0.25) is 4.79 Å². The van der Waals surface area contributed by atoms with Crippen LogP contribution >= 0.6 is 0 Å². The molecule has 19 heavy (non-hydrogen) atoms. The van der Waals surface area contributed by atoms with E-state index in [-0.39, 0.29) is 12.5 Å². The third kappa shape index (κ3) is 5.09. The number of nitrogens with two attached hydrogens (primary N) is 1. The quantitative estimate of drug-likeness (QED) is 0.505. The van der Waals surface area contributed by atoms with Gasteiger partial charge in [0.1, 0.15) is 17.5 Å². The highest BCUT2D eigenvalue weighted by Crippen LogP contribution is 2.13. The second kappa shape index (κ2) is 6.89. The smallest absolute Gasteiger partial charge is 0.239 e. The predicted octanol–water partition coefficient (Wildman–Crippen LogP) is 0.279. The summed E-state index contributed by atoms with van der Waals surface area (Å²) in [5.41, 5.74) is 2.48. The maximum absolute atomic E-state index is 11.7. The molecule has 0 spiro atoms. The number of nitrogen functional groups attached to an aromatic ring is 1. The number of hydrazine groups is 1. The summed E-state index contributed by atoms with van der Waals surface area (Å²) >= 11 is 0. The number of aryl methyl sites for hydroxylation is 1. The molecule has 7 heteroatoms. The fourth-order valence-corrected chi connectivity index (χ4v) is 1.49. The molecule has 0 fully saturated rings. The molecule has 0 atom stereocenters. The van der Waals surface area contributed by atoms with Gasteiger partial charge in [-0.2, -0.15) is 0 Å². The van der Waals surface area contributed by atoms with Crippen molar-refractivity contribution < 1.29 is 4.79 Å². The fourth-order valence-electron chi connectivity index (χ4n) is 1.49. The first-order valence-corrected chi connectivity index (χ1v) is 6.22. The summed E-state index contributed by atoms with van der Waals surface area (Å²) in [7, 11) is 1.80. The van der Waals surface area contributed by atoms with E-state index in [0.29, 0.717) is 29.9 Å². The number of hydrogen-bond donors (Lipinski definition) is 3. The predicted molar refractivity (Wildman–Crippen MR) is 75.7 cm³/mol. The standard InChI is InChI=1S/C12H22N6O/c1-8(2)6-14-12(19)7-18(4)11-5-10(17-13)15-9(3)16-11/h5,8H,6-7,13H2,1-4H3,(H,14,19)(H,15,16,17). The largest absolute Gasteiger partial charge is 0.354 e. The lowest BCUT2D eigenvalue weighted by molar-refractivity contribution is -0.119. The Labute approximate surface area is 113 Å². The van der Waals surface area contributed by atoms with Crippen LogP contribution in [0.25, 0.3) is 0 Å². The average Bonchev–Trinajstić information content (AvgIpc) is 2.35. The Morgan fingerprint density at radius 1 is 1.47 bits per heavy atom. The Morgan fingerprint density at radius 3 is 2.74 bits per heavy atom. The van der Waals surface area contributed by atoms with Gasteiger partial charge in [0.25, 0.3) is 0 Å². The number of amides is 1. The molecule has 0 aromatic carbocycles. The van der Waals surface area contributed by atoms with Crippen molar-refractivity contribution in [1.82, 2.24) is 15.3 Å². The molecule has 0 bridgehead atoms. The van der Waals surface area contributed by atoms with Crippen LogP contribution in [0.3, 0.4) is 0 Å². The maximum atomic E-state index is 11.7. The molecular formula is C12H22N6O. The van der Waals surface area contributed by atoms with Crippen molar-refractivity contribution in [1.29, 1.82) is 0 Å². The van der Waals surface area contributed by atoms with Gasteiger partial charge in [0.05, 0.1) is 6.54 Å². The first-order valence-electron chi connectivity index (χ1n) is 6.22. The van der Waals surface area contributed by atoms with Gasteiger partial charge in [-0.25, -0.2) is 15.8 Å². The Morgan fingerprint density at radius 2 is 2.16 bits per heavy atom.